The van der Waals surface area contributed by atoms with Crippen LogP contribution < -0.4 is 11.5 Å². The first kappa shape index (κ1) is 11.8. The number of carbonyl (C=O) groups is 1. The van der Waals surface area contributed by atoms with Gasteiger partial charge < -0.3 is 16.6 Å². The summed E-state index contributed by atoms with van der Waals surface area (Å²) >= 11 is 0. The molecular formula is C9H20N2O2S. The second-order valence-electron chi connectivity index (χ2n) is 3.96. The number of hydrogen-bond donors (Lipinski definition) is 4. The molecule has 3 atom stereocenters. The van der Waals surface area contributed by atoms with Gasteiger partial charge >= 0.3 is 5.97 Å². The van der Waals surface area contributed by atoms with Crippen molar-refractivity contribution >= 4 is 16.9 Å². The first-order chi connectivity index (χ1) is 6.54. The quantitative estimate of drug-likeness (QED) is 0.498. The molecule has 0 amide bonds. The van der Waals surface area contributed by atoms with Crippen LogP contribution >= 0.6 is 10.9 Å². The number of nitrogens with two attached hydrogens (primary N) is 2. The lowest BCUT2D eigenvalue weighted by Gasteiger charge is -2.30. The average Bonchev–Trinajstić information content (AvgIpc) is 2.56. The SMILES string of the molecule is CC(N)C(N)C(C(=O)O)[SH]1CCCC1. The molecule has 14 heavy (non-hydrogen) atoms. The molecule has 3 unspecified atom stereocenters. The number of carboxylic acid groups (broad SMARTS) is 1. The van der Waals surface area contributed by atoms with Crippen molar-refractivity contribution in [2.24, 2.45) is 11.5 Å². The van der Waals surface area contributed by atoms with E-state index in [1.807, 2.05) is 0 Å². The predicted molar refractivity (Wildman–Crippen MR) is 61.0 cm³/mol. The van der Waals surface area contributed by atoms with E-state index in [1.54, 1.807) is 6.92 Å². The summed E-state index contributed by atoms with van der Waals surface area (Å²) in [6.45, 7) is 1.78. The van der Waals surface area contributed by atoms with Gasteiger partial charge in [0.15, 0.2) is 0 Å². The van der Waals surface area contributed by atoms with Crippen molar-refractivity contribution in [3.05, 3.63) is 0 Å². The van der Waals surface area contributed by atoms with E-state index in [0.717, 1.165) is 24.3 Å². The zero-order chi connectivity index (χ0) is 10.7. The Hall–Kier alpha value is -0.260. The zero-order valence-corrected chi connectivity index (χ0v) is 9.41. The first-order valence-electron chi connectivity index (χ1n) is 5.02. The molecule has 1 aliphatic heterocycles. The molecule has 1 rings (SSSR count). The highest BCUT2D eigenvalue weighted by Crippen LogP contribution is 2.40. The fraction of sp³-hybridized carbons (Fsp3) is 0.889. The second-order valence-corrected chi connectivity index (χ2v) is 6.59. The van der Waals surface area contributed by atoms with Crippen LogP contribution in [0.5, 0.6) is 0 Å². The molecule has 0 aromatic carbocycles. The minimum Gasteiger partial charge on any atom is -0.480 e. The molecule has 1 heterocycles. The number of carboxylic acids is 1. The van der Waals surface area contributed by atoms with E-state index in [4.69, 9.17) is 16.6 Å². The summed E-state index contributed by atoms with van der Waals surface area (Å²) in [5.74, 6) is 1.34. The maximum absolute atomic E-state index is 11.1. The van der Waals surface area contributed by atoms with E-state index in [0.29, 0.717) is 0 Å². The van der Waals surface area contributed by atoms with Crippen LogP contribution in [0.4, 0.5) is 0 Å². The number of aliphatic carboxylic acids is 1. The van der Waals surface area contributed by atoms with Gasteiger partial charge in [0.05, 0.1) is 0 Å². The lowest BCUT2D eigenvalue weighted by Crippen LogP contribution is -2.51. The van der Waals surface area contributed by atoms with E-state index in [2.05, 4.69) is 0 Å². The van der Waals surface area contributed by atoms with Gasteiger partial charge in [0, 0.05) is 12.1 Å². The Balaban J connectivity index is 2.67. The maximum atomic E-state index is 11.1. The topological polar surface area (TPSA) is 89.3 Å². The van der Waals surface area contributed by atoms with Crippen LogP contribution in [0, 0.1) is 0 Å². The fourth-order valence-electron chi connectivity index (χ4n) is 1.87. The van der Waals surface area contributed by atoms with Crippen molar-refractivity contribution in [1.29, 1.82) is 0 Å². The smallest absolute Gasteiger partial charge is 0.316 e. The maximum Gasteiger partial charge on any atom is 0.316 e. The van der Waals surface area contributed by atoms with Gasteiger partial charge in [0.2, 0.25) is 0 Å². The van der Waals surface area contributed by atoms with Gasteiger partial charge in [-0.3, -0.25) is 4.79 Å². The van der Waals surface area contributed by atoms with Crippen LogP contribution in [-0.2, 0) is 4.79 Å². The van der Waals surface area contributed by atoms with Crippen molar-refractivity contribution in [2.75, 3.05) is 11.5 Å². The molecule has 0 spiro atoms. The second kappa shape index (κ2) is 5.00. The third kappa shape index (κ3) is 2.62. The van der Waals surface area contributed by atoms with Gasteiger partial charge in [-0.25, -0.2) is 10.9 Å². The lowest BCUT2D eigenvalue weighted by molar-refractivity contribution is -0.136. The molecule has 1 aliphatic rings. The summed E-state index contributed by atoms with van der Waals surface area (Å²) in [6.07, 6.45) is 2.31. The Morgan fingerprint density at radius 2 is 1.86 bits per heavy atom. The minimum atomic E-state index is -0.761. The Morgan fingerprint density at radius 3 is 2.21 bits per heavy atom. The largest absolute Gasteiger partial charge is 0.480 e. The third-order valence-electron chi connectivity index (χ3n) is 2.76. The van der Waals surface area contributed by atoms with Crippen molar-refractivity contribution < 1.29 is 9.90 Å². The molecule has 5 N–H and O–H groups in total. The van der Waals surface area contributed by atoms with E-state index < -0.39 is 28.2 Å². The standard InChI is InChI=1S/C9H20N2O2S/c1-6(10)7(11)8(9(12)13)14-4-2-3-5-14/h6-8,14H,2-5,10-11H2,1H3,(H,12,13). The predicted octanol–water partition coefficient (Wildman–Crippen LogP) is -0.0909. The Kier molecular flexibility index (Phi) is 4.22. The number of hydrogen-bond acceptors (Lipinski definition) is 3. The molecule has 0 aliphatic carbocycles. The van der Waals surface area contributed by atoms with Crippen molar-refractivity contribution in [2.45, 2.75) is 37.1 Å². The highest BCUT2D eigenvalue weighted by atomic mass is 32.2. The zero-order valence-electron chi connectivity index (χ0n) is 8.52. The van der Waals surface area contributed by atoms with E-state index in [-0.39, 0.29) is 6.04 Å². The molecular weight excluding hydrogens is 200 g/mol. The van der Waals surface area contributed by atoms with Crippen LogP contribution in [-0.4, -0.2) is 39.9 Å². The van der Waals surface area contributed by atoms with Gasteiger partial charge in [-0.1, -0.05) is 0 Å². The average molecular weight is 220 g/mol. The number of thiol groups is 1. The summed E-state index contributed by atoms with van der Waals surface area (Å²) in [5, 5.41) is 8.74. The first-order valence-corrected chi connectivity index (χ1v) is 6.80. The fourth-order valence-corrected chi connectivity index (χ4v) is 4.98. The van der Waals surface area contributed by atoms with Crippen molar-refractivity contribution in [1.82, 2.24) is 0 Å². The highest BCUT2D eigenvalue weighted by molar-refractivity contribution is 8.18. The van der Waals surface area contributed by atoms with Crippen LogP contribution in [0.15, 0.2) is 0 Å². The lowest BCUT2D eigenvalue weighted by atomic mass is 10.1. The number of rotatable bonds is 4. The summed E-state index contributed by atoms with van der Waals surface area (Å²) in [5.41, 5.74) is 11.5. The molecule has 0 radical (unpaired) electrons. The van der Waals surface area contributed by atoms with Gasteiger partial charge in [-0.2, -0.15) is 0 Å². The molecule has 1 fully saturated rings. The molecule has 0 aromatic heterocycles. The minimum absolute atomic E-state index is 0.237. The molecule has 5 heteroatoms. The summed E-state index contributed by atoms with van der Waals surface area (Å²) in [7, 11) is -0.424. The Labute approximate surface area is 87.4 Å². The van der Waals surface area contributed by atoms with E-state index >= 15 is 0 Å². The molecule has 1 saturated heterocycles. The normalized spacial score (nSPS) is 25.8. The van der Waals surface area contributed by atoms with Gasteiger partial charge in [0.1, 0.15) is 5.25 Å². The van der Waals surface area contributed by atoms with E-state index in [1.165, 1.54) is 0 Å². The van der Waals surface area contributed by atoms with Gasteiger partial charge in [-0.05, 0) is 31.3 Å². The molecule has 0 aromatic rings. The monoisotopic (exact) mass is 220 g/mol. The highest BCUT2D eigenvalue weighted by Gasteiger charge is 2.34. The van der Waals surface area contributed by atoms with Gasteiger partial charge in [-0.15, -0.1) is 0 Å². The molecule has 0 saturated carbocycles. The van der Waals surface area contributed by atoms with Crippen molar-refractivity contribution in [3.8, 4) is 0 Å². The van der Waals surface area contributed by atoms with Crippen LogP contribution in [0.25, 0.3) is 0 Å². The van der Waals surface area contributed by atoms with Crippen LogP contribution in [0.1, 0.15) is 19.8 Å². The molecule has 4 nitrogen and oxygen atoms in total. The summed E-state index contributed by atoms with van der Waals surface area (Å²) < 4.78 is 0. The Morgan fingerprint density at radius 1 is 1.36 bits per heavy atom. The van der Waals surface area contributed by atoms with Crippen molar-refractivity contribution in [3.63, 3.8) is 0 Å². The van der Waals surface area contributed by atoms with Crippen LogP contribution in [0.3, 0.4) is 0 Å². The van der Waals surface area contributed by atoms with E-state index in [9.17, 15) is 4.79 Å². The Bertz CT molecular complexity index is 203. The molecule has 84 valence electrons. The summed E-state index contributed by atoms with van der Waals surface area (Å²) in [6, 6.07) is -0.629. The molecule has 0 bridgehead atoms. The summed E-state index contributed by atoms with van der Waals surface area (Å²) in [4.78, 5) is 11.1. The van der Waals surface area contributed by atoms with Crippen LogP contribution in [0.2, 0.25) is 0 Å². The van der Waals surface area contributed by atoms with Gasteiger partial charge in [0.25, 0.3) is 0 Å². The third-order valence-corrected chi connectivity index (χ3v) is 5.89.